The van der Waals surface area contributed by atoms with Gasteiger partial charge in [-0.05, 0) is 0 Å². The fourth-order valence-electron chi connectivity index (χ4n) is 1.19. The third kappa shape index (κ3) is 1.72. The minimum atomic E-state index is -0.399. The van der Waals surface area contributed by atoms with Crippen LogP contribution in [0.25, 0.3) is 0 Å². The monoisotopic (exact) mass is 276 g/mol. The number of rotatable bonds is 0. The summed E-state index contributed by atoms with van der Waals surface area (Å²) in [5, 5.41) is -0.799. The van der Waals surface area contributed by atoms with Gasteiger partial charge in [-0.15, -0.1) is 0 Å². The van der Waals surface area contributed by atoms with Crippen LogP contribution in [0.5, 0.6) is 0 Å². The molecule has 1 fully saturated rings. The molecule has 0 spiro atoms. The first kappa shape index (κ1) is 7.58. The predicted octanol–water partition coefficient (Wildman–Crippen LogP) is 0.812. The van der Waals surface area contributed by atoms with Gasteiger partial charge in [0.15, 0.2) is 0 Å². The Balaban J connectivity index is 2.42. The second-order valence-electron chi connectivity index (χ2n) is 3.00. The summed E-state index contributed by atoms with van der Waals surface area (Å²) in [6, 6.07) is 0. The van der Waals surface area contributed by atoms with Crippen molar-refractivity contribution in [3.05, 3.63) is 0 Å². The maximum atomic E-state index is 2.57. The van der Waals surface area contributed by atoms with Crippen molar-refractivity contribution >= 4 is 37.9 Å². The van der Waals surface area contributed by atoms with Crippen LogP contribution in [0.1, 0.15) is 0 Å². The van der Waals surface area contributed by atoms with E-state index in [1.54, 1.807) is 0 Å². The normalized spacial score (nSPS) is 31.5. The average Bonchev–Trinajstić information content (AvgIpc) is 1.20. The van der Waals surface area contributed by atoms with Crippen molar-refractivity contribution in [3.8, 4) is 0 Å². The van der Waals surface area contributed by atoms with E-state index < -0.39 is 10.6 Å². The zero-order valence-corrected chi connectivity index (χ0v) is 11.2. The molecule has 0 radical (unpaired) electrons. The molecule has 1 heterocycles. The molecule has 0 saturated carbocycles. The fraction of sp³-hybridized carbons (Fsp3) is 1.00. The quantitative estimate of drug-likeness (QED) is 0.574. The summed E-state index contributed by atoms with van der Waals surface area (Å²) in [5.41, 5.74) is 0. The van der Waals surface area contributed by atoms with Gasteiger partial charge >= 0.3 is 64.1 Å². The van der Waals surface area contributed by atoms with Crippen molar-refractivity contribution in [2.24, 2.45) is 0 Å². The van der Waals surface area contributed by atoms with E-state index in [9.17, 15) is 0 Å². The molecule has 1 aliphatic heterocycles. The summed E-state index contributed by atoms with van der Waals surface area (Å²) < 4.78 is 0. The second kappa shape index (κ2) is 1.98. The second-order valence-corrected chi connectivity index (χ2v) is 51.5. The number of hydrogen-bond acceptors (Lipinski definition) is 0. The standard InChI is InChI=1S/C4H12Se2Si2/c1-7(2)5-8(3,4)6-7/h1-4H3. The van der Waals surface area contributed by atoms with Crippen LogP contribution in [0, 0.1) is 0 Å². The van der Waals surface area contributed by atoms with Gasteiger partial charge in [0, 0.05) is 0 Å². The van der Waals surface area contributed by atoms with Crippen molar-refractivity contribution in [3.63, 3.8) is 0 Å². The van der Waals surface area contributed by atoms with Gasteiger partial charge in [-0.1, -0.05) is 0 Å². The Morgan fingerprint density at radius 2 is 1.00 bits per heavy atom. The summed E-state index contributed by atoms with van der Waals surface area (Å²) in [4.78, 5) is 0. The van der Waals surface area contributed by atoms with Crippen molar-refractivity contribution in [1.82, 2.24) is 0 Å². The van der Waals surface area contributed by atoms with Crippen LogP contribution in [0.4, 0.5) is 0 Å². The van der Waals surface area contributed by atoms with Crippen LogP contribution < -0.4 is 0 Å². The third-order valence-corrected chi connectivity index (χ3v) is 78.7. The van der Waals surface area contributed by atoms with Crippen molar-refractivity contribution in [2.45, 2.75) is 26.2 Å². The molecule has 0 bridgehead atoms. The topological polar surface area (TPSA) is 0 Å². The minimum absolute atomic E-state index is 0.399. The molecule has 1 saturated heterocycles. The van der Waals surface area contributed by atoms with E-state index in [1.165, 1.54) is 27.4 Å². The van der Waals surface area contributed by atoms with E-state index in [4.69, 9.17) is 0 Å². The van der Waals surface area contributed by atoms with E-state index in [0.29, 0.717) is 0 Å². The van der Waals surface area contributed by atoms with E-state index in [2.05, 4.69) is 26.2 Å². The Labute approximate surface area is 63.9 Å². The van der Waals surface area contributed by atoms with Crippen LogP contribution in [0.2, 0.25) is 26.2 Å². The molecule has 0 unspecified atom stereocenters. The van der Waals surface area contributed by atoms with Gasteiger partial charge in [0.1, 0.15) is 0 Å². The molecule has 4 heteroatoms. The molecule has 1 rings (SSSR count). The summed E-state index contributed by atoms with van der Waals surface area (Å²) in [7, 11) is 0. The molecule has 0 amide bonds. The third-order valence-electron chi connectivity index (χ3n) is 0.983. The summed E-state index contributed by atoms with van der Waals surface area (Å²) in [6.45, 7) is 10.3. The summed E-state index contributed by atoms with van der Waals surface area (Å²) >= 11 is 2.39. The van der Waals surface area contributed by atoms with E-state index in [-0.39, 0.29) is 0 Å². The van der Waals surface area contributed by atoms with Gasteiger partial charge in [-0.2, -0.15) is 0 Å². The molecule has 0 aliphatic carbocycles. The first-order valence-corrected chi connectivity index (χ1v) is 18.7. The molecular weight excluding hydrogens is 262 g/mol. The molecule has 0 nitrogen and oxygen atoms in total. The Bertz CT molecular complexity index is 88.6. The van der Waals surface area contributed by atoms with Crippen LogP contribution in [-0.2, 0) is 0 Å². The van der Waals surface area contributed by atoms with E-state index in [0.717, 1.165) is 0 Å². The first-order valence-electron chi connectivity index (χ1n) is 2.82. The van der Waals surface area contributed by atoms with E-state index >= 15 is 0 Å². The van der Waals surface area contributed by atoms with Gasteiger partial charge in [0.25, 0.3) is 0 Å². The van der Waals surface area contributed by atoms with Crippen molar-refractivity contribution in [2.75, 3.05) is 0 Å². The van der Waals surface area contributed by atoms with Crippen molar-refractivity contribution < 1.29 is 0 Å². The molecule has 0 aromatic carbocycles. The summed E-state index contributed by atoms with van der Waals surface area (Å²) in [6.07, 6.45) is 0. The van der Waals surface area contributed by atoms with Crippen LogP contribution >= 0.6 is 0 Å². The molecular formula is C4H12Se2Si2. The molecule has 0 aromatic rings. The van der Waals surface area contributed by atoms with Crippen LogP contribution in [0.3, 0.4) is 0 Å². The van der Waals surface area contributed by atoms with Gasteiger partial charge in [-0.3, -0.25) is 0 Å². The Morgan fingerprint density at radius 1 is 0.750 bits per heavy atom. The molecule has 0 aromatic heterocycles. The Hall–Kier alpha value is 1.47. The summed E-state index contributed by atoms with van der Waals surface area (Å²) in [5.74, 6) is 0. The maximum absolute atomic E-state index is 2.57. The van der Waals surface area contributed by atoms with E-state index in [1.807, 2.05) is 0 Å². The molecule has 48 valence electrons. The van der Waals surface area contributed by atoms with Crippen LogP contribution in [-0.4, -0.2) is 37.9 Å². The van der Waals surface area contributed by atoms with Crippen LogP contribution in [0.15, 0.2) is 0 Å². The van der Waals surface area contributed by atoms with Gasteiger partial charge in [0.05, 0.1) is 0 Å². The van der Waals surface area contributed by atoms with Gasteiger partial charge < -0.3 is 0 Å². The zero-order valence-electron chi connectivity index (χ0n) is 5.82. The van der Waals surface area contributed by atoms with Crippen molar-refractivity contribution in [1.29, 1.82) is 0 Å². The van der Waals surface area contributed by atoms with Gasteiger partial charge in [0.2, 0.25) is 0 Å². The first-order chi connectivity index (χ1) is 3.41. The Kier molecular flexibility index (Phi) is 1.87. The SMILES string of the molecule is C[Si]1(C)[Se][Si](C)(C)[Se]1. The Morgan fingerprint density at radius 3 is 1.00 bits per heavy atom. The fourth-order valence-corrected chi connectivity index (χ4v) is 129. The number of hydrogen-bond donors (Lipinski definition) is 0. The zero-order chi connectivity index (χ0) is 6.41. The predicted molar refractivity (Wildman–Crippen MR) is 46.5 cm³/mol. The molecule has 0 N–H and O–H groups in total. The molecule has 0 atom stereocenters. The van der Waals surface area contributed by atoms with Gasteiger partial charge in [-0.25, -0.2) is 0 Å². The molecule has 1 aliphatic rings. The molecule has 8 heavy (non-hydrogen) atoms. The average molecular weight is 274 g/mol.